The highest BCUT2D eigenvalue weighted by atomic mass is 35.5. The van der Waals surface area contributed by atoms with Gasteiger partial charge in [0.1, 0.15) is 12.1 Å². The Bertz CT molecular complexity index is 1620. The highest BCUT2D eigenvalue weighted by molar-refractivity contribution is 7.11. The lowest BCUT2D eigenvalue weighted by Crippen LogP contribution is -2.52. The van der Waals surface area contributed by atoms with Gasteiger partial charge in [-0.15, -0.1) is 11.3 Å². The Hall–Kier alpha value is -3.60. The van der Waals surface area contributed by atoms with Gasteiger partial charge in [0.2, 0.25) is 5.91 Å². The summed E-state index contributed by atoms with van der Waals surface area (Å²) in [4.78, 5) is 47.8. The number of carbonyl (C=O) groups is 3. The SMILES string of the molecule is COC(=O)C1=C(CN2CC(F)(F)[C@H]3[C@@H]2CN(C(C)=O)N3CCC(C)(C)C(=O)O)NC(c2nccs2)=N[C@H]1c1ccc(F)c(F)c1Cl. The Morgan fingerprint density at radius 1 is 1.26 bits per heavy atom. The zero-order chi connectivity index (χ0) is 33.7. The second-order valence-corrected chi connectivity index (χ2v) is 13.1. The van der Waals surface area contributed by atoms with Gasteiger partial charge in [0.05, 0.1) is 42.3 Å². The first-order valence-corrected chi connectivity index (χ1v) is 15.4. The molecule has 2 N–H and O–H groups in total. The van der Waals surface area contributed by atoms with Crippen molar-refractivity contribution in [2.75, 3.05) is 33.3 Å². The van der Waals surface area contributed by atoms with Crippen molar-refractivity contribution in [2.24, 2.45) is 10.4 Å². The van der Waals surface area contributed by atoms with Crippen LogP contribution in [0.5, 0.6) is 0 Å². The summed E-state index contributed by atoms with van der Waals surface area (Å²) in [5.41, 5.74) is -1.37. The van der Waals surface area contributed by atoms with Crippen LogP contribution in [0.15, 0.2) is 40.0 Å². The van der Waals surface area contributed by atoms with Gasteiger partial charge in [-0.2, -0.15) is 0 Å². The number of aliphatic imine (C=N–C) groups is 1. The maximum atomic E-state index is 15.9. The molecule has 11 nitrogen and oxygen atoms in total. The molecule has 5 rings (SSSR count). The number of hydrogen-bond donors (Lipinski definition) is 2. The maximum absolute atomic E-state index is 15.9. The first kappa shape index (κ1) is 33.8. The summed E-state index contributed by atoms with van der Waals surface area (Å²) >= 11 is 7.40. The van der Waals surface area contributed by atoms with Gasteiger partial charge in [0.15, 0.2) is 22.5 Å². The molecule has 248 valence electrons. The van der Waals surface area contributed by atoms with Gasteiger partial charge in [-0.1, -0.05) is 17.7 Å². The smallest absolute Gasteiger partial charge is 0.338 e. The molecular weight excluding hydrogens is 656 g/mol. The first-order valence-electron chi connectivity index (χ1n) is 14.2. The summed E-state index contributed by atoms with van der Waals surface area (Å²) in [5.74, 6) is -8.28. The van der Waals surface area contributed by atoms with Crippen LogP contribution in [0.1, 0.15) is 43.8 Å². The Balaban J connectivity index is 1.56. The monoisotopic (exact) mass is 686 g/mol. The molecule has 17 heteroatoms. The van der Waals surface area contributed by atoms with Crippen LogP contribution in [-0.2, 0) is 19.1 Å². The molecule has 0 radical (unpaired) electrons. The van der Waals surface area contributed by atoms with Crippen LogP contribution in [-0.4, -0.2) is 100.0 Å². The van der Waals surface area contributed by atoms with Crippen LogP contribution in [0.2, 0.25) is 5.02 Å². The molecule has 0 saturated carbocycles. The quantitative estimate of drug-likeness (QED) is 0.230. The third-order valence-corrected chi connectivity index (χ3v) is 9.63. The normalized spacial score (nSPS) is 23.3. The predicted octanol–water partition coefficient (Wildman–Crippen LogP) is 3.86. The number of carboxylic acids is 1. The number of nitrogens with one attached hydrogen (secondary N) is 1. The van der Waals surface area contributed by atoms with Crippen LogP contribution in [0, 0.1) is 17.0 Å². The van der Waals surface area contributed by atoms with Gasteiger partial charge < -0.3 is 15.2 Å². The topological polar surface area (TPSA) is 128 Å². The van der Waals surface area contributed by atoms with Crippen LogP contribution in [0.3, 0.4) is 0 Å². The number of thiazole rings is 1. The third kappa shape index (κ3) is 6.10. The van der Waals surface area contributed by atoms with Crippen molar-refractivity contribution in [1.29, 1.82) is 0 Å². The summed E-state index contributed by atoms with van der Waals surface area (Å²) in [6.45, 7) is 2.92. The zero-order valence-corrected chi connectivity index (χ0v) is 26.8. The molecule has 0 aliphatic carbocycles. The van der Waals surface area contributed by atoms with Crippen molar-refractivity contribution >= 4 is 46.6 Å². The van der Waals surface area contributed by atoms with E-state index in [1.54, 1.807) is 5.38 Å². The number of carboxylic acid groups (broad SMARTS) is 1. The fraction of sp³-hybridized carbons (Fsp3) is 0.483. The molecule has 0 unspecified atom stereocenters. The van der Waals surface area contributed by atoms with Crippen LogP contribution in [0.25, 0.3) is 0 Å². The maximum Gasteiger partial charge on any atom is 0.338 e. The number of benzene rings is 1. The molecule has 0 bridgehead atoms. The number of likely N-dealkylation sites (tertiary alicyclic amines) is 1. The Labute approximate surface area is 270 Å². The number of hydrogen-bond acceptors (Lipinski definition) is 10. The number of aromatic nitrogens is 1. The Morgan fingerprint density at radius 2 is 1.98 bits per heavy atom. The lowest BCUT2D eigenvalue weighted by atomic mass is 9.89. The highest BCUT2D eigenvalue weighted by Gasteiger charge is 2.62. The number of esters is 1. The van der Waals surface area contributed by atoms with E-state index >= 15 is 8.78 Å². The van der Waals surface area contributed by atoms with E-state index in [1.165, 1.54) is 59.3 Å². The molecule has 2 saturated heterocycles. The van der Waals surface area contributed by atoms with Gasteiger partial charge in [0.25, 0.3) is 5.92 Å². The number of ether oxygens (including phenoxy) is 1. The molecule has 2 aromatic rings. The van der Waals surface area contributed by atoms with Gasteiger partial charge in [-0.05, 0) is 26.3 Å². The number of halogens is 5. The van der Waals surface area contributed by atoms with E-state index in [4.69, 9.17) is 16.3 Å². The standard InChI is InChI=1S/C29H31ClF4N6O5S/c1-14(41)40-12-18-23(39(40)9-7-28(2,3)27(43)44)29(33,34)13-38(18)11-17-19(26(42)45-4)22(15-5-6-16(31)21(32)20(15)30)37-24(36-17)25-35-8-10-46-25/h5-6,8,10,18,22-23H,7,9,11-13H2,1-4H3,(H,36,37)(H,43,44)/t18-,22-,23+/m0/s1. The second-order valence-electron chi connectivity index (χ2n) is 11.9. The molecule has 3 aliphatic rings. The summed E-state index contributed by atoms with van der Waals surface area (Å²) in [5, 5.41) is 16.4. The van der Waals surface area contributed by atoms with Crippen molar-refractivity contribution in [2.45, 2.75) is 51.2 Å². The van der Waals surface area contributed by atoms with Crippen molar-refractivity contribution in [1.82, 2.24) is 25.2 Å². The third-order valence-electron chi connectivity index (χ3n) is 8.47. The van der Waals surface area contributed by atoms with E-state index in [-0.39, 0.29) is 48.7 Å². The zero-order valence-electron chi connectivity index (χ0n) is 25.2. The fourth-order valence-electron chi connectivity index (χ4n) is 5.97. The highest BCUT2D eigenvalue weighted by Crippen LogP contribution is 2.44. The fourth-order valence-corrected chi connectivity index (χ4v) is 6.81. The molecule has 3 aliphatic heterocycles. The molecular formula is C29H31ClF4N6O5S. The van der Waals surface area contributed by atoms with E-state index in [1.807, 2.05) is 0 Å². The number of carbonyl (C=O) groups excluding carboxylic acids is 2. The van der Waals surface area contributed by atoms with Crippen LogP contribution >= 0.6 is 22.9 Å². The van der Waals surface area contributed by atoms with Crippen LogP contribution in [0.4, 0.5) is 17.6 Å². The van der Waals surface area contributed by atoms with E-state index < -0.39 is 70.5 Å². The summed E-state index contributed by atoms with van der Waals surface area (Å²) in [7, 11) is 1.11. The van der Waals surface area contributed by atoms with E-state index in [9.17, 15) is 28.3 Å². The van der Waals surface area contributed by atoms with Crippen molar-refractivity contribution in [3.63, 3.8) is 0 Å². The number of nitrogens with zero attached hydrogens (tertiary/aromatic N) is 5. The molecule has 0 spiro atoms. The Morgan fingerprint density at radius 3 is 2.59 bits per heavy atom. The van der Waals surface area contributed by atoms with Crippen molar-refractivity contribution in [3.8, 4) is 0 Å². The summed E-state index contributed by atoms with van der Waals surface area (Å²) in [6, 6.07) is -1.70. The summed E-state index contributed by atoms with van der Waals surface area (Å²) in [6.07, 6.45) is 1.50. The lowest BCUT2D eigenvalue weighted by Gasteiger charge is -2.35. The molecule has 46 heavy (non-hydrogen) atoms. The lowest BCUT2D eigenvalue weighted by molar-refractivity contribution is -0.156. The largest absolute Gasteiger partial charge is 0.481 e. The predicted molar refractivity (Wildman–Crippen MR) is 159 cm³/mol. The number of alkyl halides is 2. The van der Waals surface area contributed by atoms with Gasteiger partial charge in [-0.25, -0.2) is 32.3 Å². The number of aliphatic carboxylic acids is 1. The number of amidine groups is 1. The minimum absolute atomic E-state index is 0.00504. The van der Waals surface area contributed by atoms with Gasteiger partial charge in [-0.3, -0.25) is 24.5 Å². The number of amides is 1. The van der Waals surface area contributed by atoms with Crippen LogP contribution < -0.4 is 5.32 Å². The second kappa shape index (κ2) is 12.5. The van der Waals surface area contributed by atoms with Gasteiger partial charge >= 0.3 is 11.9 Å². The van der Waals surface area contributed by atoms with E-state index in [2.05, 4.69) is 15.3 Å². The number of methoxy groups -OCH3 is 1. The first-order chi connectivity index (χ1) is 21.6. The molecule has 4 heterocycles. The minimum Gasteiger partial charge on any atom is -0.481 e. The molecule has 1 aromatic carbocycles. The van der Waals surface area contributed by atoms with E-state index in [0.29, 0.717) is 5.01 Å². The van der Waals surface area contributed by atoms with E-state index in [0.717, 1.165) is 13.2 Å². The number of hydrazine groups is 1. The average Bonchev–Trinajstić information content (AvgIpc) is 3.72. The molecule has 2 fully saturated rings. The number of fused-ring (bicyclic) bond motifs is 1. The average molecular weight is 687 g/mol. The molecule has 1 aromatic heterocycles. The summed E-state index contributed by atoms with van der Waals surface area (Å²) < 4.78 is 65.4. The van der Waals surface area contributed by atoms with Crippen molar-refractivity contribution < 1.29 is 41.8 Å². The van der Waals surface area contributed by atoms with Gasteiger partial charge in [0, 0.05) is 42.9 Å². The Kier molecular flexibility index (Phi) is 9.20. The minimum atomic E-state index is -3.35. The molecule has 1 amide bonds. The van der Waals surface area contributed by atoms with Crippen molar-refractivity contribution in [3.05, 3.63) is 62.2 Å². The number of rotatable bonds is 9. The molecule has 3 atom stereocenters.